The van der Waals surface area contributed by atoms with Gasteiger partial charge in [0.1, 0.15) is 17.3 Å². The monoisotopic (exact) mass is 513 g/mol. The van der Waals surface area contributed by atoms with E-state index in [2.05, 4.69) is 42.6 Å². The third-order valence-electron chi connectivity index (χ3n) is 7.10. The van der Waals surface area contributed by atoms with E-state index in [0.717, 1.165) is 37.1 Å². The summed E-state index contributed by atoms with van der Waals surface area (Å²) < 4.78 is 2.08. The van der Waals surface area contributed by atoms with Crippen molar-refractivity contribution in [2.45, 2.75) is 77.4 Å². The van der Waals surface area contributed by atoms with Gasteiger partial charge in [-0.15, -0.1) is 0 Å². The number of rotatable bonds is 7. The van der Waals surface area contributed by atoms with Crippen molar-refractivity contribution in [3.8, 4) is 5.75 Å². The summed E-state index contributed by atoms with van der Waals surface area (Å²) in [7, 11) is 0. The fourth-order valence-corrected chi connectivity index (χ4v) is 5.59. The molecule has 9 heteroatoms. The second-order valence-electron chi connectivity index (χ2n) is 10.8. The molecule has 0 radical (unpaired) electrons. The Labute approximate surface area is 217 Å². The number of carbonyl (C=O) groups excluding carboxylic acids is 2. The summed E-state index contributed by atoms with van der Waals surface area (Å²) in [5.74, 6) is 0.540. The van der Waals surface area contributed by atoms with Crippen LogP contribution in [0.4, 0.5) is 5.69 Å². The molecule has 2 aromatic rings. The Morgan fingerprint density at radius 1 is 1.25 bits per heavy atom. The SMILES string of the molecule is C=CC(=O)N1CC(NC(=O)c2c(C)nc(CNc3cc(C(C)(C)C)c(Cl)cc3O)n2C2CCCC2)C1. The summed E-state index contributed by atoms with van der Waals surface area (Å²) in [4.78, 5) is 31.5. The van der Waals surface area contributed by atoms with Gasteiger partial charge in [-0.3, -0.25) is 9.59 Å². The normalized spacial score (nSPS) is 16.6. The Morgan fingerprint density at radius 3 is 2.53 bits per heavy atom. The molecule has 36 heavy (non-hydrogen) atoms. The largest absolute Gasteiger partial charge is 0.506 e. The third-order valence-corrected chi connectivity index (χ3v) is 7.41. The number of carbonyl (C=O) groups is 2. The number of halogens is 1. The molecular formula is C27H36ClN5O3. The number of imidazole rings is 1. The van der Waals surface area contributed by atoms with E-state index in [1.807, 2.05) is 13.0 Å². The number of phenolic OH excluding ortho intramolecular Hbond substituents is 1. The van der Waals surface area contributed by atoms with Crippen LogP contribution in [0.25, 0.3) is 0 Å². The molecule has 194 valence electrons. The number of amides is 2. The maximum absolute atomic E-state index is 13.4. The predicted octanol–water partition coefficient (Wildman–Crippen LogP) is 4.70. The van der Waals surface area contributed by atoms with E-state index in [9.17, 15) is 14.7 Å². The van der Waals surface area contributed by atoms with Crippen molar-refractivity contribution in [2.75, 3.05) is 18.4 Å². The quantitative estimate of drug-likeness (QED) is 0.368. The van der Waals surface area contributed by atoms with E-state index in [1.54, 1.807) is 11.0 Å². The van der Waals surface area contributed by atoms with Gasteiger partial charge in [-0.05, 0) is 42.9 Å². The topological polar surface area (TPSA) is 99.5 Å². The fraction of sp³-hybridized carbons (Fsp3) is 0.519. The first kappa shape index (κ1) is 26.1. The van der Waals surface area contributed by atoms with Gasteiger partial charge in [0.15, 0.2) is 0 Å². The van der Waals surface area contributed by atoms with E-state index in [4.69, 9.17) is 16.6 Å². The number of benzene rings is 1. The Kier molecular flexibility index (Phi) is 7.36. The second-order valence-corrected chi connectivity index (χ2v) is 11.2. The molecule has 2 aliphatic rings. The van der Waals surface area contributed by atoms with Crippen molar-refractivity contribution in [3.05, 3.63) is 52.6 Å². The lowest BCUT2D eigenvalue weighted by Crippen LogP contribution is -2.60. The van der Waals surface area contributed by atoms with Crippen LogP contribution in [0, 0.1) is 6.92 Å². The Balaban J connectivity index is 1.57. The van der Waals surface area contributed by atoms with Gasteiger partial charge in [0.2, 0.25) is 5.91 Å². The zero-order valence-electron chi connectivity index (χ0n) is 21.5. The van der Waals surface area contributed by atoms with E-state index >= 15 is 0 Å². The zero-order valence-corrected chi connectivity index (χ0v) is 22.3. The number of hydrogen-bond donors (Lipinski definition) is 3. The summed E-state index contributed by atoms with van der Waals surface area (Å²) in [6.07, 6.45) is 5.51. The van der Waals surface area contributed by atoms with Crippen LogP contribution < -0.4 is 10.6 Å². The van der Waals surface area contributed by atoms with E-state index < -0.39 is 0 Å². The van der Waals surface area contributed by atoms with Crippen LogP contribution >= 0.6 is 11.6 Å². The van der Waals surface area contributed by atoms with Crippen molar-refractivity contribution >= 4 is 29.1 Å². The molecule has 1 saturated carbocycles. The molecule has 0 unspecified atom stereocenters. The lowest BCUT2D eigenvalue weighted by molar-refractivity contribution is -0.130. The highest BCUT2D eigenvalue weighted by atomic mass is 35.5. The molecule has 1 aliphatic carbocycles. The van der Waals surface area contributed by atoms with Crippen molar-refractivity contribution in [3.63, 3.8) is 0 Å². The second kappa shape index (κ2) is 10.2. The Bertz CT molecular complexity index is 1170. The van der Waals surface area contributed by atoms with Crippen LogP contribution in [-0.4, -0.2) is 50.5 Å². The summed E-state index contributed by atoms with van der Waals surface area (Å²) in [5, 5.41) is 17.4. The number of likely N-dealkylation sites (tertiary alicyclic amines) is 1. The van der Waals surface area contributed by atoms with Crippen LogP contribution in [-0.2, 0) is 16.8 Å². The minimum absolute atomic E-state index is 0.0743. The number of nitrogens with one attached hydrogen (secondary N) is 2. The van der Waals surface area contributed by atoms with Crippen LogP contribution in [0.5, 0.6) is 5.75 Å². The molecule has 0 bridgehead atoms. The van der Waals surface area contributed by atoms with Gasteiger partial charge >= 0.3 is 0 Å². The summed E-state index contributed by atoms with van der Waals surface area (Å²) in [6.45, 7) is 12.9. The van der Waals surface area contributed by atoms with Gasteiger partial charge in [-0.1, -0.05) is 51.8 Å². The number of nitrogens with zero attached hydrogens (tertiary/aromatic N) is 3. The highest BCUT2D eigenvalue weighted by molar-refractivity contribution is 6.31. The molecule has 0 spiro atoms. The molecule has 4 rings (SSSR count). The van der Waals surface area contributed by atoms with Crippen LogP contribution in [0.3, 0.4) is 0 Å². The number of aryl methyl sites for hydroxylation is 1. The molecule has 3 N–H and O–H groups in total. The minimum atomic E-state index is -0.182. The first-order valence-electron chi connectivity index (χ1n) is 12.6. The molecule has 1 aromatic carbocycles. The van der Waals surface area contributed by atoms with Crippen molar-refractivity contribution in [1.29, 1.82) is 0 Å². The molecule has 2 fully saturated rings. The van der Waals surface area contributed by atoms with E-state index in [-0.39, 0.29) is 35.1 Å². The summed E-state index contributed by atoms with van der Waals surface area (Å²) >= 11 is 6.39. The standard InChI is InChI=1S/C27H36ClN5O3/c1-6-24(35)32-14-17(15-32)31-26(36)25-16(2)30-23(33(25)18-9-7-8-10-18)13-29-21-11-19(27(3,4)5)20(28)12-22(21)34/h6,11-12,17-18,29,34H,1,7-10,13-15H2,2-5H3,(H,31,36). The molecule has 2 heterocycles. The Morgan fingerprint density at radius 2 is 1.92 bits per heavy atom. The summed E-state index contributed by atoms with van der Waals surface area (Å²) in [5.41, 5.74) is 2.58. The molecule has 1 aliphatic heterocycles. The molecular weight excluding hydrogens is 478 g/mol. The number of aromatic nitrogens is 2. The Hall–Kier alpha value is -3.00. The van der Waals surface area contributed by atoms with Crippen molar-refractivity contribution in [1.82, 2.24) is 19.8 Å². The number of aromatic hydroxyl groups is 1. The number of hydrogen-bond acceptors (Lipinski definition) is 5. The van der Waals surface area contributed by atoms with Crippen LogP contribution in [0.1, 0.15) is 80.1 Å². The highest BCUT2D eigenvalue weighted by Gasteiger charge is 2.33. The number of anilines is 1. The average Bonchev–Trinajstić information content (AvgIpc) is 3.41. The first-order chi connectivity index (χ1) is 17.0. The van der Waals surface area contributed by atoms with Gasteiger partial charge in [-0.25, -0.2) is 4.98 Å². The van der Waals surface area contributed by atoms with E-state index in [1.165, 1.54) is 6.08 Å². The predicted molar refractivity (Wildman–Crippen MR) is 142 cm³/mol. The zero-order chi connectivity index (χ0) is 26.2. The maximum atomic E-state index is 13.4. The van der Waals surface area contributed by atoms with Crippen molar-refractivity contribution in [2.24, 2.45) is 0 Å². The van der Waals surface area contributed by atoms with Gasteiger partial charge in [0.05, 0.1) is 24.0 Å². The van der Waals surface area contributed by atoms with Crippen LogP contribution in [0.2, 0.25) is 5.02 Å². The van der Waals surface area contributed by atoms with Gasteiger partial charge < -0.3 is 25.2 Å². The molecule has 0 atom stereocenters. The van der Waals surface area contributed by atoms with E-state index in [0.29, 0.717) is 41.7 Å². The van der Waals surface area contributed by atoms with Gasteiger partial charge in [0, 0.05) is 30.2 Å². The lowest BCUT2D eigenvalue weighted by Gasteiger charge is -2.39. The summed E-state index contributed by atoms with van der Waals surface area (Å²) in [6, 6.07) is 3.56. The minimum Gasteiger partial charge on any atom is -0.506 e. The van der Waals surface area contributed by atoms with Crippen molar-refractivity contribution < 1.29 is 14.7 Å². The van der Waals surface area contributed by atoms with Gasteiger partial charge in [0.25, 0.3) is 5.91 Å². The van der Waals surface area contributed by atoms with Gasteiger partial charge in [-0.2, -0.15) is 0 Å². The van der Waals surface area contributed by atoms with Crippen LogP contribution in [0.15, 0.2) is 24.8 Å². The molecule has 8 nitrogen and oxygen atoms in total. The molecule has 2 amide bonds. The first-order valence-corrected chi connectivity index (χ1v) is 12.9. The maximum Gasteiger partial charge on any atom is 0.270 e. The number of phenols is 1. The average molecular weight is 514 g/mol. The lowest BCUT2D eigenvalue weighted by atomic mass is 9.86. The third kappa shape index (κ3) is 5.24. The molecule has 1 saturated heterocycles. The smallest absolute Gasteiger partial charge is 0.270 e. The highest BCUT2D eigenvalue weighted by Crippen LogP contribution is 2.38. The fourth-order valence-electron chi connectivity index (χ4n) is 5.14. The molecule has 1 aromatic heterocycles.